The van der Waals surface area contributed by atoms with Gasteiger partial charge in [-0.25, -0.2) is 4.90 Å². The number of benzene rings is 2. The number of anilines is 2. The molecule has 4 saturated heterocycles. The van der Waals surface area contributed by atoms with Crippen LogP contribution in [0.25, 0.3) is 0 Å². The predicted octanol–water partition coefficient (Wildman–Crippen LogP) is 1.77. The minimum atomic E-state index is -0.775. The Bertz CT molecular complexity index is 1900. The molecule has 0 aliphatic carbocycles. The van der Waals surface area contributed by atoms with Gasteiger partial charge in [0.05, 0.1) is 29.9 Å². The highest BCUT2D eigenvalue weighted by Crippen LogP contribution is 2.29. The van der Waals surface area contributed by atoms with Crippen LogP contribution in [0.5, 0.6) is 0 Å². The number of nitrogens with zero attached hydrogens (tertiary/aromatic N) is 7. The Kier molecular flexibility index (Phi) is 15.1. The lowest BCUT2D eigenvalue weighted by molar-refractivity contribution is -0.124. The third-order valence-corrected chi connectivity index (χ3v) is 11.8. The van der Waals surface area contributed by atoms with E-state index < -0.39 is 12.0 Å². The van der Waals surface area contributed by atoms with Gasteiger partial charge in [-0.15, -0.1) is 0 Å². The lowest BCUT2D eigenvalue weighted by atomic mass is 10.0. The maximum Gasteiger partial charge on any atom is 0.251 e. The van der Waals surface area contributed by atoms with E-state index in [-0.39, 0.29) is 60.6 Å². The number of nitriles is 1. The zero-order valence-electron chi connectivity index (χ0n) is 34.3. The zero-order valence-corrected chi connectivity index (χ0v) is 34.3. The lowest BCUT2D eigenvalue weighted by Gasteiger charge is -2.37. The largest absolute Gasteiger partial charge is 0.355 e. The van der Waals surface area contributed by atoms with Crippen LogP contribution in [0.3, 0.4) is 0 Å². The van der Waals surface area contributed by atoms with Crippen LogP contribution >= 0.6 is 0 Å². The van der Waals surface area contributed by atoms with Gasteiger partial charge < -0.3 is 15.5 Å². The summed E-state index contributed by atoms with van der Waals surface area (Å²) in [7, 11) is 2.12. The van der Waals surface area contributed by atoms with E-state index in [1.807, 2.05) is 30.3 Å². The van der Waals surface area contributed by atoms with Gasteiger partial charge in [0.25, 0.3) is 5.91 Å². The molecule has 2 N–H and O–H groups in total. The van der Waals surface area contributed by atoms with Crippen LogP contribution < -0.4 is 20.4 Å². The normalized spacial score (nSPS) is 21.7. The number of rotatable bonds is 17. The van der Waals surface area contributed by atoms with Gasteiger partial charge in [0.15, 0.2) is 0 Å². The molecule has 4 fully saturated rings. The molecule has 15 heteroatoms. The summed E-state index contributed by atoms with van der Waals surface area (Å²) in [5, 5.41) is 15.4. The molecule has 0 bridgehead atoms. The monoisotopic (exact) mass is 807 g/mol. The van der Waals surface area contributed by atoms with E-state index in [0.29, 0.717) is 76.5 Å². The van der Waals surface area contributed by atoms with Crippen LogP contribution in [0.1, 0.15) is 50.2 Å². The highest BCUT2D eigenvalue weighted by molar-refractivity contribution is 6.22. The van der Waals surface area contributed by atoms with Crippen molar-refractivity contribution in [3.8, 4) is 6.07 Å². The number of carbonyl (C=O) groups excluding carboxylic acids is 6. The molecule has 59 heavy (non-hydrogen) atoms. The second-order valence-corrected chi connectivity index (χ2v) is 16.1. The highest BCUT2D eigenvalue weighted by atomic mass is 16.2. The van der Waals surface area contributed by atoms with Crippen molar-refractivity contribution < 1.29 is 28.8 Å². The van der Waals surface area contributed by atoms with Gasteiger partial charge in [0, 0.05) is 97.3 Å². The molecule has 0 saturated carbocycles. The number of hydrogen-bond donors (Lipinski definition) is 2. The fourth-order valence-corrected chi connectivity index (χ4v) is 8.07. The molecule has 3 unspecified atom stereocenters. The van der Waals surface area contributed by atoms with Crippen molar-refractivity contribution in [3.63, 3.8) is 0 Å². The summed E-state index contributed by atoms with van der Waals surface area (Å²) in [6.45, 7) is 11.0. The minimum absolute atomic E-state index is 0.0379. The zero-order chi connectivity index (χ0) is 41.9. The lowest BCUT2D eigenvalue weighted by Crippen LogP contribution is -2.53. The van der Waals surface area contributed by atoms with E-state index in [1.165, 1.54) is 9.80 Å². The Labute approximate surface area is 346 Å². The number of nitrogens with one attached hydrogen (secondary N) is 2. The average Bonchev–Trinajstić information content (AvgIpc) is 3.68. The van der Waals surface area contributed by atoms with Crippen molar-refractivity contribution in [2.24, 2.45) is 11.8 Å². The molecule has 4 aliphatic heterocycles. The summed E-state index contributed by atoms with van der Waals surface area (Å²) in [5.41, 5.74) is 3.10. The first-order chi connectivity index (χ1) is 28.5. The first kappa shape index (κ1) is 43.3. The molecule has 2 aromatic carbocycles. The maximum absolute atomic E-state index is 13.6. The molecule has 4 aliphatic rings. The fraction of sp³-hybridized carbons (Fsp3) is 0.523. The second-order valence-electron chi connectivity index (χ2n) is 16.1. The van der Waals surface area contributed by atoms with E-state index in [2.05, 4.69) is 43.4 Å². The number of piperazine rings is 2. The van der Waals surface area contributed by atoms with E-state index in [1.54, 1.807) is 37.3 Å². The third kappa shape index (κ3) is 11.5. The molecule has 0 aromatic heterocycles. The SMILES string of the molecule is CC1CC(=O)N(c2ccc(Cc3ccc(N4C(=O)CC(N5CCN(CCNC(=O)C(C#N)CCC=CCC(=O)NCCN6CCN(C)CC6)CC5)C4=O)cc3)cc2)C1=O. The van der Waals surface area contributed by atoms with E-state index in [9.17, 15) is 34.0 Å². The standard InChI is InChI=1S/C44H57N9O6/c1-32-28-40(55)52(43(32)58)36-12-8-33(9-13-36)29-34-10-14-37(15-11-34)53-41(56)30-38(44(53)59)51-26-24-50(25-27-51)19-17-47-42(57)35(31-45)6-4-3-5-7-39(54)46-16-18-49-22-20-48(2)21-23-49/h3,5,8-15,32,35,38H,4,6-7,16-30H2,1-2H3,(H,46,54)(H,47,57). The van der Waals surface area contributed by atoms with Crippen LogP contribution in [-0.2, 0) is 35.2 Å². The number of hydrogen-bond acceptors (Lipinski definition) is 11. The summed E-state index contributed by atoms with van der Waals surface area (Å²) in [6.07, 6.45) is 5.77. The molecule has 6 amide bonds. The van der Waals surface area contributed by atoms with Crippen LogP contribution in [0, 0.1) is 23.2 Å². The molecule has 0 spiro atoms. The van der Waals surface area contributed by atoms with Crippen molar-refractivity contribution >= 4 is 46.8 Å². The Morgan fingerprint density at radius 2 is 1.29 bits per heavy atom. The Balaban J connectivity index is 0.859. The van der Waals surface area contributed by atoms with Gasteiger partial charge in [0.1, 0.15) is 5.92 Å². The summed E-state index contributed by atoms with van der Waals surface area (Å²) in [6, 6.07) is 16.3. The Morgan fingerprint density at radius 3 is 1.85 bits per heavy atom. The summed E-state index contributed by atoms with van der Waals surface area (Å²) >= 11 is 0. The first-order valence-corrected chi connectivity index (χ1v) is 20.9. The minimum Gasteiger partial charge on any atom is -0.355 e. The van der Waals surface area contributed by atoms with Gasteiger partial charge in [-0.1, -0.05) is 43.3 Å². The quantitative estimate of drug-likeness (QED) is 0.177. The van der Waals surface area contributed by atoms with Crippen molar-refractivity contribution in [1.82, 2.24) is 30.2 Å². The van der Waals surface area contributed by atoms with Gasteiger partial charge in [0.2, 0.25) is 29.5 Å². The summed E-state index contributed by atoms with van der Waals surface area (Å²) in [4.78, 5) is 87.7. The molecule has 3 atom stereocenters. The molecule has 15 nitrogen and oxygen atoms in total. The predicted molar refractivity (Wildman–Crippen MR) is 223 cm³/mol. The van der Waals surface area contributed by atoms with E-state index in [4.69, 9.17) is 0 Å². The molecule has 4 heterocycles. The maximum atomic E-state index is 13.6. The Morgan fingerprint density at radius 1 is 0.746 bits per heavy atom. The fourth-order valence-electron chi connectivity index (χ4n) is 8.07. The molecular formula is C44H57N9O6. The van der Waals surface area contributed by atoms with Gasteiger partial charge in [-0.2, -0.15) is 5.26 Å². The van der Waals surface area contributed by atoms with Crippen LogP contribution in [-0.4, -0.2) is 147 Å². The van der Waals surface area contributed by atoms with Crippen LogP contribution in [0.15, 0.2) is 60.7 Å². The van der Waals surface area contributed by atoms with E-state index >= 15 is 0 Å². The first-order valence-electron chi connectivity index (χ1n) is 20.9. The average molecular weight is 808 g/mol. The van der Waals surface area contributed by atoms with Crippen molar-refractivity contribution in [2.75, 3.05) is 95.4 Å². The van der Waals surface area contributed by atoms with Gasteiger partial charge in [-0.05, 0) is 61.7 Å². The van der Waals surface area contributed by atoms with Gasteiger partial charge in [-0.3, -0.25) is 48.4 Å². The van der Waals surface area contributed by atoms with Crippen LogP contribution in [0.4, 0.5) is 11.4 Å². The summed E-state index contributed by atoms with van der Waals surface area (Å²) < 4.78 is 0. The number of allylic oxidation sites excluding steroid dienone is 1. The van der Waals surface area contributed by atoms with Crippen molar-refractivity contribution in [3.05, 3.63) is 71.8 Å². The smallest absolute Gasteiger partial charge is 0.251 e. The number of imide groups is 2. The van der Waals surface area contributed by atoms with E-state index in [0.717, 1.165) is 43.9 Å². The van der Waals surface area contributed by atoms with Gasteiger partial charge >= 0.3 is 0 Å². The molecular weight excluding hydrogens is 751 g/mol. The molecule has 0 radical (unpaired) electrons. The number of amides is 6. The Hall–Kier alpha value is -5.27. The highest BCUT2D eigenvalue weighted by Gasteiger charge is 2.43. The molecule has 2 aromatic rings. The third-order valence-electron chi connectivity index (χ3n) is 11.8. The topological polar surface area (TPSA) is 170 Å². The number of carbonyl (C=O) groups is 6. The summed E-state index contributed by atoms with van der Waals surface area (Å²) in [5.74, 6) is -2.24. The van der Waals surface area contributed by atoms with Crippen molar-refractivity contribution in [1.29, 1.82) is 5.26 Å². The molecule has 6 rings (SSSR count). The van der Waals surface area contributed by atoms with Crippen molar-refractivity contribution in [2.45, 2.75) is 51.5 Å². The molecule has 314 valence electrons. The van der Waals surface area contributed by atoms with Crippen LogP contribution in [0.2, 0.25) is 0 Å². The number of likely N-dealkylation sites (N-methyl/N-ethyl adjacent to an activating group) is 1. The second kappa shape index (κ2) is 20.6.